The highest BCUT2D eigenvalue weighted by Gasteiger charge is 2.19. The molecular formula is C17H17N5. The van der Waals surface area contributed by atoms with Crippen molar-refractivity contribution in [2.75, 3.05) is 23.3 Å². The number of benzene rings is 1. The Morgan fingerprint density at radius 1 is 1.18 bits per heavy atom. The molecule has 5 nitrogen and oxygen atoms in total. The van der Waals surface area contributed by atoms with E-state index in [0.29, 0.717) is 5.92 Å². The predicted octanol–water partition coefficient (Wildman–Crippen LogP) is 3.16. The molecule has 1 unspecified atom stereocenters. The van der Waals surface area contributed by atoms with Crippen LogP contribution in [-0.4, -0.2) is 13.1 Å². The van der Waals surface area contributed by atoms with Crippen molar-refractivity contribution in [3.8, 4) is 18.2 Å². The normalized spacial score (nSPS) is 16.8. The smallest absolute Gasteiger partial charge is 0.163 e. The van der Waals surface area contributed by atoms with Crippen LogP contribution in [0.25, 0.3) is 0 Å². The molecule has 110 valence electrons. The summed E-state index contributed by atoms with van der Waals surface area (Å²) in [6, 6.07) is 13.1. The maximum absolute atomic E-state index is 9.18. The summed E-state index contributed by atoms with van der Waals surface area (Å²) in [4.78, 5) is 2.28. The topological polar surface area (TPSA) is 86.6 Å². The van der Waals surface area contributed by atoms with Crippen LogP contribution in [0.1, 0.15) is 19.8 Å². The number of hydrogen-bond donors (Lipinski definition) is 1. The molecule has 1 fully saturated rings. The number of para-hydroxylation sites is 2. The molecular weight excluding hydrogens is 274 g/mol. The lowest BCUT2D eigenvalue weighted by molar-refractivity contribution is 0.447. The minimum absolute atomic E-state index is 0.0116. The van der Waals surface area contributed by atoms with E-state index in [1.807, 2.05) is 30.3 Å². The zero-order valence-corrected chi connectivity index (χ0v) is 12.5. The number of nitriles is 3. The average molecular weight is 291 g/mol. The van der Waals surface area contributed by atoms with Crippen LogP contribution in [0.3, 0.4) is 0 Å². The van der Waals surface area contributed by atoms with Crippen molar-refractivity contribution < 1.29 is 0 Å². The first-order chi connectivity index (χ1) is 10.7. The van der Waals surface area contributed by atoms with Gasteiger partial charge in [-0.05, 0) is 30.9 Å². The molecule has 0 radical (unpaired) electrons. The van der Waals surface area contributed by atoms with Crippen molar-refractivity contribution in [1.82, 2.24) is 0 Å². The quantitative estimate of drug-likeness (QED) is 0.864. The number of piperidine rings is 1. The van der Waals surface area contributed by atoms with Gasteiger partial charge in [0.05, 0.1) is 11.4 Å². The second-order valence-electron chi connectivity index (χ2n) is 5.42. The SMILES string of the molecule is CC1CCCN(c2ccccc2NC(C#N)=C(C#N)C#N)C1. The van der Waals surface area contributed by atoms with E-state index in [1.54, 1.807) is 12.1 Å². The fourth-order valence-corrected chi connectivity index (χ4v) is 2.68. The first-order valence-electron chi connectivity index (χ1n) is 7.25. The summed E-state index contributed by atoms with van der Waals surface area (Å²) in [6.07, 6.45) is 2.36. The molecule has 1 aliphatic rings. The van der Waals surface area contributed by atoms with Crippen LogP contribution in [0, 0.1) is 39.9 Å². The van der Waals surface area contributed by atoms with Crippen LogP contribution in [0.2, 0.25) is 0 Å². The van der Waals surface area contributed by atoms with Crippen LogP contribution in [-0.2, 0) is 0 Å². The van der Waals surface area contributed by atoms with Gasteiger partial charge < -0.3 is 10.2 Å². The molecule has 1 heterocycles. The van der Waals surface area contributed by atoms with Crippen LogP contribution in [0.4, 0.5) is 11.4 Å². The number of rotatable bonds is 3. The molecule has 1 saturated heterocycles. The number of hydrogen-bond acceptors (Lipinski definition) is 5. The third-order valence-corrected chi connectivity index (χ3v) is 3.75. The van der Waals surface area contributed by atoms with E-state index in [2.05, 4.69) is 17.1 Å². The zero-order chi connectivity index (χ0) is 15.9. The maximum Gasteiger partial charge on any atom is 0.163 e. The third kappa shape index (κ3) is 3.37. The molecule has 5 heteroatoms. The highest BCUT2D eigenvalue weighted by atomic mass is 15.2. The molecule has 1 atom stereocenters. The van der Waals surface area contributed by atoms with E-state index in [0.717, 1.165) is 30.9 Å². The molecule has 0 aromatic heterocycles. The van der Waals surface area contributed by atoms with E-state index in [-0.39, 0.29) is 11.3 Å². The van der Waals surface area contributed by atoms with E-state index >= 15 is 0 Å². The Bertz CT molecular complexity index is 683. The van der Waals surface area contributed by atoms with Gasteiger partial charge in [-0.3, -0.25) is 0 Å². The Hall–Kier alpha value is -2.97. The molecule has 1 aromatic rings. The van der Waals surface area contributed by atoms with E-state index in [9.17, 15) is 5.26 Å². The molecule has 2 rings (SSSR count). The van der Waals surface area contributed by atoms with Gasteiger partial charge >= 0.3 is 0 Å². The molecule has 0 spiro atoms. The Labute approximate surface area is 130 Å². The van der Waals surface area contributed by atoms with Gasteiger partial charge in [-0.2, -0.15) is 15.8 Å². The first-order valence-corrected chi connectivity index (χ1v) is 7.25. The summed E-state index contributed by atoms with van der Waals surface area (Å²) in [5.41, 5.74) is 1.53. The van der Waals surface area contributed by atoms with Gasteiger partial charge in [0.25, 0.3) is 0 Å². The lowest BCUT2D eigenvalue weighted by Gasteiger charge is -2.34. The number of allylic oxidation sites excluding steroid dienone is 2. The minimum Gasteiger partial charge on any atom is -0.370 e. The lowest BCUT2D eigenvalue weighted by atomic mass is 9.99. The molecule has 1 aliphatic heterocycles. The summed E-state index contributed by atoms with van der Waals surface area (Å²) >= 11 is 0. The molecule has 0 amide bonds. The second-order valence-corrected chi connectivity index (χ2v) is 5.42. The first kappa shape index (κ1) is 15.4. The summed E-state index contributed by atoms with van der Waals surface area (Å²) in [6.45, 7) is 4.16. The fraction of sp³-hybridized carbons (Fsp3) is 0.353. The van der Waals surface area contributed by atoms with Gasteiger partial charge in [0, 0.05) is 13.1 Å². The Morgan fingerprint density at radius 3 is 2.55 bits per heavy atom. The Kier molecular flexibility index (Phi) is 5.02. The fourth-order valence-electron chi connectivity index (χ4n) is 2.68. The second kappa shape index (κ2) is 7.16. The average Bonchev–Trinajstić information content (AvgIpc) is 2.55. The van der Waals surface area contributed by atoms with Crippen molar-refractivity contribution in [3.63, 3.8) is 0 Å². The van der Waals surface area contributed by atoms with Gasteiger partial charge in [0.15, 0.2) is 5.57 Å². The van der Waals surface area contributed by atoms with Crippen molar-refractivity contribution in [3.05, 3.63) is 35.5 Å². The number of nitrogens with one attached hydrogen (secondary N) is 1. The maximum atomic E-state index is 9.18. The standard InChI is InChI=1S/C17H17N5/c1-13-5-4-8-22(12-13)17-7-3-2-6-15(17)21-16(11-20)14(9-18)10-19/h2-3,6-7,13,21H,4-5,8,12H2,1H3. The monoisotopic (exact) mass is 291 g/mol. The molecule has 1 N–H and O–H groups in total. The lowest BCUT2D eigenvalue weighted by Crippen LogP contribution is -2.34. The van der Waals surface area contributed by atoms with Crippen molar-refractivity contribution in [2.24, 2.45) is 5.92 Å². The third-order valence-electron chi connectivity index (χ3n) is 3.75. The molecule has 22 heavy (non-hydrogen) atoms. The summed E-state index contributed by atoms with van der Waals surface area (Å²) in [5, 5.41) is 30.0. The highest BCUT2D eigenvalue weighted by Crippen LogP contribution is 2.30. The zero-order valence-electron chi connectivity index (χ0n) is 12.5. The van der Waals surface area contributed by atoms with Crippen LogP contribution in [0.15, 0.2) is 35.5 Å². The van der Waals surface area contributed by atoms with Crippen molar-refractivity contribution in [2.45, 2.75) is 19.8 Å². The van der Waals surface area contributed by atoms with Crippen molar-refractivity contribution in [1.29, 1.82) is 15.8 Å². The van der Waals surface area contributed by atoms with Crippen molar-refractivity contribution >= 4 is 11.4 Å². The molecule has 0 saturated carbocycles. The van der Waals surface area contributed by atoms with Gasteiger partial charge in [-0.15, -0.1) is 0 Å². The van der Waals surface area contributed by atoms with Crippen LogP contribution >= 0.6 is 0 Å². The van der Waals surface area contributed by atoms with Crippen LogP contribution < -0.4 is 10.2 Å². The Morgan fingerprint density at radius 2 is 1.91 bits per heavy atom. The number of nitrogens with zero attached hydrogens (tertiary/aromatic N) is 4. The Balaban J connectivity index is 2.34. The molecule has 0 aliphatic carbocycles. The van der Waals surface area contributed by atoms with Gasteiger partial charge in [0.2, 0.25) is 0 Å². The van der Waals surface area contributed by atoms with Gasteiger partial charge in [-0.1, -0.05) is 19.1 Å². The van der Waals surface area contributed by atoms with E-state index < -0.39 is 0 Å². The van der Waals surface area contributed by atoms with E-state index in [1.165, 1.54) is 6.42 Å². The summed E-state index contributed by atoms with van der Waals surface area (Å²) in [7, 11) is 0. The van der Waals surface area contributed by atoms with E-state index in [4.69, 9.17) is 10.5 Å². The van der Waals surface area contributed by atoms with Gasteiger partial charge in [0.1, 0.15) is 23.9 Å². The molecule has 1 aromatic carbocycles. The van der Waals surface area contributed by atoms with Gasteiger partial charge in [-0.25, -0.2) is 0 Å². The highest BCUT2D eigenvalue weighted by molar-refractivity contribution is 5.74. The minimum atomic E-state index is -0.204. The largest absolute Gasteiger partial charge is 0.370 e. The summed E-state index contributed by atoms with van der Waals surface area (Å²) in [5.74, 6) is 0.626. The number of anilines is 2. The predicted molar refractivity (Wildman–Crippen MR) is 84.5 cm³/mol. The summed E-state index contributed by atoms with van der Waals surface area (Å²) < 4.78 is 0. The molecule has 0 bridgehead atoms. The van der Waals surface area contributed by atoms with Crippen LogP contribution in [0.5, 0.6) is 0 Å².